The standard InChI is InChI=1S/C16H31N3O4/c1-6-22-13-7-10-19(11-8-13)14(20)17-9-12-18(5)15(21)23-16(2,3)4/h13H,6-12H2,1-5H3,(H,17,20). The fourth-order valence-corrected chi connectivity index (χ4v) is 2.33. The Labute approximate surface area is 139 Å². The Morgan fingerprint density at radius 1 is 1.26 bits per heavy atom. The predicted octanol–water partition coefficient (Wildman–Crippen LogP) is 2.06. The summed E-state index contributed by atoms with van der Waals surface area (Å²) >= 11 is 0. The maximum absolute atomic E-state index is 12.1. The molecule has 0 atom stereocenters. The largest absolute Gasteiger partial charge is 0.444 e. The van der Waals surface area contributed by atoms with Crippen molar-refractivity contribution in [2.45, 2.75) is 52.2 Å². The second-order valence-corrected chi connectivity index (χ2v) is 6.78. The van der Waals surface area contributed by atoms with Crippen molar-refractivity contribution >= 4 is 12.1 Å². The molecular weight excluding hydrogens is 298 g/mol. The van der Waals surface area contributed by atoms with Gasteiger partial charge in [-0.15, -0.1) is 0 Å². The van der Waals surface area contributed by atoms with Crippen LogP contribution in [0.3, 0.4) is 0 Å². The van der Waals surface area contributed by atoms with Gasteiger partial charge in [0.25, 0.3) is 0 Å². The summed E-state index contributed by atoms with van der Waals surface area (Å²) < 4.78 is 10.8. The number of carbonyl (C=O) groups excluding carboxylic acids is 2. The van der Waals surface area contributed by atoms with Gasteiger partial charge in [0.15, 0.2) is 0 Å². The van der Waals surface area contributed by atoms with Gasteiger partial charge < -0.3 is 24.6 Å². The van der Waals surface area contributed by atoms with Gasteiger partial charge in [-0.1, -0.05) is 0 Å². The number of carbonyl (C=O) groups is 2. The van der Waals surface area contributed by atoms with Gasteiger partial charge in [0.2, 0.25) is 0 Å². The van der Waals surface area contributed by atoms with E-state index in [1.165, 1.54) is 4.90 Å². The molecular formula is C16H31N3O4. The highest BCUT2D eigenvalue weighted by molar-refractivity contribution is 5.74. The third kappa shape index (κ3) is 7.54. The third-order valence-electron chi connectivity index (χ3n) is 3.56. The summed E-state index contributed by atoms with van der Waals surface area (Å²) in [6.07, 6.45) is 1.63. The fraction of sp³-hybridized carbons (Fsp3) is 0.875. The van der Waals surface area contributed by atoms with Crippen LogP contribution in [0.2, 0.25) is 0 Å². The third-order valence-corrected chi connectivity index (χ3v) is 3.56. The number of nitrogens with zero attached hydrogens (tertiary/aromatic N) is 2. The summed E-state index contributed by atoms with van der Waals surface area (Å²) in [6, 6.07) is -0.0856. The second-order valence-electron chi connectivity index (χ2n) is 6.78. The molecule has 0 aromatic carbocycles. The molecule has 1 heterocycles. The number of urea groups is 1. The number of hydrogen-bond donors (Lipinski definition) is 1. The highest BCUT2D eigenvalue weighted by atomic mass is 16.6. The first-order valence-corrected chi connectivity index (χ1v) is 8.31. The van der Waals surface area contributed by atoms with E-state index in [0.29, 0.717) is 32.8 Å². The summed E-state index contributed by atoms with van der Waals surface area (Å²) in [5.74, 6) is 0. The van der Waals surface area contributed by atoms with Crippen LogP contribution in [0.25, 0.3) is 0 Å². The average molecular weight is 329 g/mol. The van der Waals surface area contributed by atoms with Crippen LogP contribution in [0, 0.1) is 0 Å². The highest BCUT2D eigenvalue weighted by Gasteiger charge is 2.23. The molecule has 0 aliphatic carbocycles. The Morgan fingerprint density at radius 3 is 2.39 bits per heavy atom. The van der Waals surface area contributed by atoms with Crippen LogP contribution in [0.15, 0.2) is 0 Å². The van der Waals surface area contributed by atoms with Crippen molar-refractivity contribution < 1.29 is 19.1 Å². The van der Waals surface area contributed by atoms with Gasteiger partial charge >= 0.3 is 12.1 Å². The number of amides is 3. The number of nitrogens with one attached hydrogen (secondary N) is 1. The van der Waals surface area contributed by atoms with E-state index in [9.17, 15) is 9.59 Å². The maximum atomic E-state index is 12.1. The Hall–Kier alpha value is -1.50. The van der Waals surface area contributed by atoms with E-state index in [0.717, 1.165) is 12.8 Å². The number of piperidine rings is 1. The Bertz CT molecular complexity index is 387. The molecule has 1 aliphatic rings. The lowest BCUT2D eigenvalue weighted by Crippen LogP contribution is -2.47. The summed E-state index contributed by atoms with van der Waals surface area (Å²) in [5.41, 5.74) is -0.514. The zero-order valence-corrected chi connectivity index (χ0v) is 15.1. The molecule has 1 fully saturated rings. The fourth-order valence-electron chi connectivity index (χ4n) is 2.33. The highest BCUT2D eigenvalue weighted by Crippen LogP contribution is 2.13. The van der Waals surface area contributed by atoms with Crippen molar-refractivity contribution in [2.75, 3.05) is 39.8 Å². The molecule has 0 aromatic rings. The van der Waals surface area contributed by atoms with Crippen molar-refractivity contribution in [3.8, 4) is 0 Å². The summed E-state index contributed by atoms with van der Waals surface area (Å²) in [7, 11) is 1.66. The van der Waals surface area contributed by atoms with E-state index in [2.05, 4.69) is 5.32 Å². The monoisotopic (exact) mass is 329 g/mol. The van der Waals surface area contributed by atoms with E-state index in [4.69, 9.17) is 9.47 Å². The first-order valence-electron chi connectivity index (χ1n) is 8.31. The van der Waals surface area contributed by atoms with Gasteiger partial charge in [0.05, 0.1) is 6.10 Å². The summed E-state index contributed by atoms with van der Waals surface area (Å²) in [4.78, 5) is 27.1. The molecule has 23 heavy (non-hydrogen) atoms. The van der Waals surface area contributed by atoms with Crippen LogP contribution in [-0.2, 0) is 9.47 Å². The number of ether oxygens (including phenoxy) is 2. The SMILES string of the molecule is CCOC1CCN(C(=O)NCCN(C)C(=O)OC(C)(C)C)CC1. The molecule has 0 saturated carbocycles. The maximum Gasteiger partial charge on any atom is 0.410 e. The van der Waals surface area contributed by atoms with Crippen molar-refractivity contribution in [1.29, 1.82) is 0 Å². The molecule has 0 aromatic heterocycles. The first kappa shape index (κ1) is 19.5. The zero-order valence-electron chi connectivity index (χ0n) is 15.1. The lowest BCUT2D eigenvalue weighted by molar-refractivity contribution is 0.0215. The van der Waals surface area contributed by atoms with Gasteiger partial charge in [-0.3, -0.25) is 0 Å². The summed E-state index contributed by atoms with van der Waals surface area (Å²) in [5, 5.41) is 2.84. The van der Waals surface area contributed by atoms with Crippen LogP contribution in [0.4, 0.5) is 9.59 Å². The molecule has 7 heteroatoms. The van der Waals surface area contributed by atoms with E-state index in [1.54, 1.807) is 11.9 Å². The van der Waals surface area contributed by atoms with E-state index in [1.807, 2.05) is 27.7 Å². The van der Waals surface area contributed by atoms with Crippen molar-refractivity contribution in [3.05, 3.63) is 0 Å². The smallest absolute Gasteiger partial charge is 0.410 e. The molecule has 0 radical (unpaired) electrons. The minimum absolute atomic E-state index is 0.0856. The van der Waals surface area contributed by atoms with E-state index >= 15 is 0 Å². The van der Waals surface area contributed by atoms with Crippen molar-refractivity contribution in [3.63, 3.8) is 0 Å². The molecule has 134 valence electrons. The van der Waals surface area contributed by atoms with Gasteiger partial charge in [-0.25, -0.2) is 9.59 Å². The van der Waals surface area contributed by atoms with Gasteiger partial charge in [0, 0.05) is 39.8 Å². The average Bonchev–Trinajstić information content (AvgIpc) is 2.46. The minimum atomic E-state index is -0.514. The Kier molecular flexibility index (Phi) is 7.61. The molecule has 0 bridgehead atoms. The zero-order chi connectivity index (χ0) is 17.5. The van der Waals surface area contributed by atoms with Gasteiger partial charge in [-0.2, -0.15) is 0 Å². The number of hydrogen-bond acceptors (Lipinski definition) is 4. The van der Waals surface area contributed by atoms with Crippen LogP contribution in [0.5, 0.6) is 0 Å². The van der Waals surface area contributed by atoms with Gasteiger partial charge in [-0.05, 0) is 40.5 Å². The minimum Gasteiger partial charge on any atom is -0.444 e. The molecule has 7 nitrogen and oxygen atoms in total. The molecule has 0 spiro atoms. The topological polar surface area (TPSA) is 71.1 Å². The predicted molar refractivity (Wildman–Crippen MR) is 88.5 cm³/mol. The normalized spacial score (nSPS) is 16.1. The lowest BCUT2D eigenvalue weighted by Gasteiger charge is -2.32. The molecule has 3 amide bonds. The van der Waals surface area contributed by atoms with Crippen LogP contribution in [-0.4, -0.2) is 73.5 Å². The summed E-state index contributed by atoms with van der Waals surface area (Å²) in [6.45, 7) is 10.4. The molecule has 1 saturated heterocycles. The van der Waals surface area contributed by atoms with Crippen LogP contribution >= 0.6 is 0 Å². The number of likely N-dealkylation sites (tertiary alicyclic amines) is 1. The molecule has 1 N–H and O–H groups in total. The second kappa shape index (κ2) is 8.96. The van der Waals surface area contributed by atoms with E-state index < -0.39 is 5.60 Å². The number of rotatable bonds is 5. The molecule has 0 unspecified atom stereocenters. The first-order chi connectivity index (χ1) is 10.7. The molecule has 1 rings (SSSR count). The van der Waals surface area contributed by atoms with Crippen LogP contribution < -0.4 is 5.32 Å². The van der Waals surface area contributed by atoms with Crippen molar-refractivity contribution in [1.82, 2.24) is 15.1 Å². The van der Waals surface area contributed by atoms with Crippen molar-refractivity contribution in [2.24, 2.45) is 0 Å². The van der Waals surface area contributed by atoms with Gasteiger partial charge in [0.1, 0.15) is 5.60 Å². The lowest BCUT2D eigenvalue weighted by atomic mass is 10.1. The Balaban J connectivity index is 2.23. The quantitative estimate of drug-likeness (QED) is 0.838. The van der Waals surface area contributed by atoms with Crippen LogP contribution in [0.1, 0.15) is 40.5 Å². The Morgan fingerprint density at radius 2 is 1.87 bits per heavy atom. The molecule has 1 aliphatic heterocycles. The number of likely N-dealkylation sites (N-methyl/N-ethyl adjacent to an activating group) is 1. The van der Waals surface area contributed by atoms with E-state index in [-0.39, 0.29) is 18.2 Å².